The van der Waals surface area contributed by atoms with Crippen molar-refractivity contribution in [3.05, 3.63) is 60.6 Å². The van der Waals surface area contributed by atoms with Crippen LogP contribution in [0.4, 0.5) is 11.5 Å². The smallest absolute Gasteiger partial charge is 0.291 e. The molecular weight excluding hydrogens is 332 g/mol. The van der Waals surface area contributed by atoms with Gasteiger partial charge in [-0.2, -0.15) is 0 Å². The van der Waals surface area contributed by atoms with Gasteiger partial charge in [-0.25, -0.2) is 0 Å². The molecule has 0 atom stereocenters. The molecule has 4 rings (SSSR count). The van der Waals surface area contributed by atoms with Gasteiger partial charge in [-0.15, -0.1) is 10.2 Å². The molecule has 1 aliphatic rings. The van der Waals surface area contributed by atoms with Crippen molar-refractivity contribution >= 4 is 17.4 Å². The van der Waals surface area contributed by atoms with E-state index in [0.717, 1.165) is 30.2 Å². The van der Waals surface area contributed by atoms with Crippen LogP contribution in [0.3, 0.4) is 0 Å². The van der Waals surface area contributed by atoms with Crippen LogP contribution in [0.15, 0.2) is 59.2 Å². The average Bonchev–Trinajstić information content (AvgIpc) is 3.24. The van der Waals surface area contributed by atoms with E-state index in [1.165, 1.54) is 6.26 Å². The van der Waals surface area contributed by atoms with E-state index < -0.39 is 0 Å². The fourth-order valence-electron chi connectivity index (χ4n) is 2.80. The lowest BCUT2D eigenvalue weighted by atomic mass is 10.1. The molecule has 2 aromatic heterocycles. The lowest BCUT2D eigenvalue weighted by molar-refractivity contribution is 0.0996. The summed E-state index contributed by atoms with van der Waals surface area (Å²) >= 11 is 0. The maximum absolute atomic E-state index is 12.1. The molecular formula is C19H18N4O3. The van der Waals surface area contributed by atoms with E-state index >= 15 is 0 Å². The number of carbonyl (C=O) groups is 1. The molecule has 3 heterocycles. The zero-order valence-corrected chi connectivity index (χ0v) is 14.1. The molecule has 0 radical (unpaired) electrons. The quantitative estimate of drug-likeness (QED) is 0.779. The van der Waals surface area contributed by atoms with Gasteiger partial charge < -0.3 is 19.4 Å². The lowest BCUT2D eigenvalue weighted by Gasteiger charge is -2.27. The van der Waals surface area contributed by atoms with Crippen molar-refractivity contribution in [3.63, 3.8) is 0 Å². The number of carbonyl (C=O) groups excluding carboxylic acids is 1. The third-order valence-corrected chi connectivity index (χ3v) is 4.15. The van der Waals surface area contributed by atoms with Crippen LogP contribution in [0, 0.1) is 0 Å². The predicted octanol–water partition coefficient (Wildman–Crippen LogP) is 2.83. The number of nitrogens with one attached hydrogen (secondary N) is 1. The minimum Gasteiger partial charge on any atom is -0.459 e. The molecule has 1 N–H and O–H groups in total. The molecule has 1 saturated heterocycles. The molecule has 1 aliphatic heterocycles. The Labute approximate surface area is 150 Å². The molecule has 0 spiro atoms. The first-order valence-corrected chi connectivity index (χ1v) is 8.41. The highest BCUT2D eigenvalue weighted by Crippen LogP contribution is 2.22. The van der Waals surface area contributed by atoms with Crippen LogP contribution >= 0.6 is 0 Å². The number of furan rings is 1. The Balaban J connectivity index is 1.50. The van der Waals surface area contributed by atoms with Gasteiger partial charge in [0.1, 0.15) is 0 Å². The number of ether oxygens (including phenoxy) is 1. The number of hydrogen-bond acceptors (Lipinski definition) is 6. The molecule has 3 aromatic rings. The minimum atomic E-state index is -0.291. The van der Waals surface area contributed by atoms with Crippen molar-refractivity contribution in [2.45, 2.75) is 0 Å². The second kappa shape index (κ2) is 7.37. The Morgan fingerprint density at radius 3 is 2.65 bits per heavy atom. The molecule has 132 valence electrons. The maximum atomic E-state index is 12.1. The van der Waals surface area contributed by atoms with Crippen molar-refractivity contribution in [2.24, 2.45) is 0 Å². The summed E-state index contributed by atoms with van der Waals surface area (Å²) < 4.78 is 10.5. The number of anilines is 2. The summed E-state index contributed by atoms with van der Waals surface area (Å²) in [6.07, 6.45) is 1.47. The first-order chi connectivity index (χ1) is 12.8. The van der Waals surface area contributed by atoms with Gasteiger partial charge in [0.15, 0.2) is 11.6 Å². The van der Waals surface area contributed by atoms with Gasteiger partial charge >= 0.3 is 0 Å². The van der Waals surface area contributed by atoms with Gasteiger partial charge in [0, 0.05) is 24.3 Å². The van der Waals surface area contributed by atoms with E-state index in [2.05, 4.69) is 20.4 Å². The highest BCUT2D eigenvalue weighted by atomic mass is 16.5. The van der Waals surface area contributed by atoms with E-state index in [1.807, 2.05) is 36.4 Å². The summed E-state index contributed by atoms with van der Waals surface area (Å²) in [6, 6.07) is 14.7. The first-order valence-electron chi connectivity index (χ1n) is 8.41. The number of morpholine rings is 1. The van der Waals surface area contributed by atoms with Crippen molar-refractivity contribution in [2.75, 3.05) is 36.5 Å². The minimum absolute atomic E-state index is 0.269. The highest BCUT2D eigenvalue weighted by molar-refractivity contribution is 6.02. The topological polar surface area (TPSA) is 80.5 Å². The van der Waals surface area contributed by atoms with E-state index in [-0.39, 0.29) is 11.7 Å². The number of aromatic nitrogens is 2. The summed E-state index contributed by atoms with van der Waals surface area (Å²) in [7, 11) is 0. The molecule has 7 nitrogen and oxygen atoms in total. The average molecular weight is 350 g/mol. The molecule has 1 fully saturated rings. The summed E-state index contributed by atoms with van der Waals surface area (Å²) in [6.45, 7) is 3.06. The van der Waals surface area contributed by atoms with E-state index in [0.29, 0.717) is 18.9 Å². The van der Waals surface area contributed by atoms with E-state index in [1.54, 1.807) is 12.1 Å². The number of hydrogen-bond donors (Lipinski definition) is 1. The van der Waals surface area contributed by atoms with Crippen molar-refractivity contribution in [1.82, 2.24) is 10.2 Å². The van der Waals surface area contributed by atoms with Gasteiger partial charge in [0.25, 0.3) is 5.91 Å². The Morgan fingerprint density at radius 1 is 1.04 bits per heavy atom. The molecule has 0 bridgehead atoms. The zero-order valence-electron chi connectivity index (χ0n) is 14.1. The fraction of sp³-hybridized carbons (Fsp3) is 0.211. The lowest BCUT2D eigenvalue weighted by Crippen LogP contribution is -2.36. The van der Waals surface area contributed by atoms with Crippen LogP contribution in [-0.2, 0) is 4.74 Å². The molecule has 7 heteroatoms. The second-order valence-electron chi connectivity index (χ2n) is 5.89. The maximum Gasteiger partial charge on any atom is 0.291 e. The van der Waals surface area contributed by atoms with E-state index in [9.17, 15) is 4.79 Å². The number of rotatable bonds is 4. The van der Waals surface area contributed by atoms with Crippen LogP contribution in [0.1, 0.15) is 10.6 Å². The summed E-state index contributed by atoms with van der Waals surface area (Å²) in [5.41, 5.74) is 2.29. The third-order valence-electron chi connectivity index (χ3n) is 4.15. The van der Waals surface area contributed by atoms with E-state index in [4.69, 9.17) is 9.15 Å². The summed E-state index contributed by atoms with van der Waals surface area (Å²) in [5.74, 6) is 0.824. The Hall–Kier alpha value is -3.19. The third kappa shape index (κ3) is 3.57. The second-order valence-corrected chi connectivity index (χ2v) is 5.89. The summed E-state index contributed by atoms with van der Waals surface area (Å²) in [4.78, 5) is 14.2. The van der Waals surface area contributed by atoms with Gasteiger partial charge in [0.2, 0.25) is 0 Å². The Morgan fingerprint density at radius 2 is 1.92 bits per heavy atom. The SMILES string of the molecule is O=C(Nc1cccc(-c2ccc(N3CCOCC3)nn2)c1)c1ccco1. The predicted molar refractivity (Wildman–Crippen MR) is 97.2 cm³/mol. The van der Waals surface area contributed by atoms with Crippen molar-refractivity contribution < 1.29 is 13.9 Å². The van der Waals surface area contributed by atoms with Gasteiger partial charge in [-0.1, -0.05) is 12.1 Å². The van der Waals surface area contributed by atoms with Crippen LogP contribution in [0.2, 0.25) is 0 Å². The number of benzene rings is 1. The molecule has 26 heavy (non-hydrogen) atoms. The van der Waals surface area contributed by atoms with Crippen LogP contribution in [0.5, 0.6) is 0 Å². The van der Waals surface area contributed by atoms with Gasteiger partial charge in [-0.05, 0) is 36.4 Å². The first kappa shape index (κ1) is 16.3. The van der Waals surface area contributed by atoms with Crippen molar-refractivity contribution in [3.8, 4) is 11.3 Å². The molecule has 0 aliphatic carbocycles. The Kier molecular flexibility index (Phi) is 4.61. The molecule has 1 aromatic carbocycles. The monoisotopic (exact) mass is 350 g/mol. The number of nitrogens with zero attached hydrogens (tertiary/aromatic N) is 3. The molecule has 0 saturated carbocycles. The number of amides is 1. The standard InChI is InChI=1S/C19H18N4O3/c24-19(17-5-2-10-26-17)20-15-4-1-3-14(13-15)16-6-7-18(22-21-16)23-8-11-25-12-9-23/h1-7,10,13H,8-9,11-12H2,(H,20,24). The fourth-order valence-corrected chi connectivity index (χ4v) is 2.80. The molecule has 0 unspecified atom stereocenters. The van der Waals surface area contributed by atoms with Gasteiger partial charge in [0.05, 0.1) is 25.2 Å². The van der Waals surface area contributed by atoms with Crippen LogP contribution in [0.25, 0.3) is 11.3 Å². The summed E-state index contributed by atoms with van der Waals surface area (Å²) in [5, 5.41) is 11.5. The van der Waals surface area contributed by atoms with Crippen LogP contribution < -0.4 is 10.2 Å². The van der Waals surface area contributed by atoms with Crippen molar-refractivity contribution in [1.29, 1.82) is 0 Å². The normalized spacial score (nSPS) is 14.2. The largest absolute Gasteiger partial charge is 0.459 e. The molecule has 1 amide bonds. The highest BCUT2D eigenvalue weighted by Gasteiger charge is 2.13. The van der Waals surface area contributed by atoms with Crippen LogP contribution in [-0.4, -0.2) is 42.4 Å². The zero-order chi connectivity index (χ0) is 17.8. The van der Waals surface area contributed by atoms with Gasteiger partial charge in [-0.3, -0.25) is 4.79 Å². The Bertz CT molecular complexity index is 872.